The molecule has 0 aliphatic carbocycles. The third-order valence-corrected chi connectivity index (χ3v) is 3.14. The highest BCUT2D eigenvalue weighted by Crippen LogP contribution is 2.17. The van der Waals surface area contributed by atoms with Crippen molar-refractivity contribution in [3.8, 4) is 5.69 Å². The maximum absolute atomic E-state index is 4.61. The zero-order valence-corrected chi connectivity index (χ0v) is 12.2. The van der Waals surface area contributed by atoms with E-state index >= 15 is 0 Å². The van der Waals surface area contributed by atoms with Crippen LogP contribution in [-0.2, 0) is 6.54 Å². The van der Waals surface area contributed by atoms with E-state index in [2.05, 4.69) is 68.4 Å². The second kappa shape index (κ2) is 6.02. The van der Waals surface area contributed by atoms with Crippen molar-refractivity contribution in [2.75, 3.05) is 0 Å². The van der Waals surface area contributed by atoms with Gasteiger partial charge in [-0.05, 0) is 29.7 Å². The summed E-state index contributed by atoms with van der Waals surface area (Å²) in [6.07, 6.45) is 2.02. The van der Waals surface area contributed by atoms with E-state index in [1.54, 1.807) is 0 Å². The first kappa shape index (κ1) is 13.8. The Morgan fingerprint density at radius 3 is 2.63 bits per heavy atom. The number of hydrogen-bond acceptors (Lipinski definition) is 2. The highest BCUT2D eigenvalue weighted by molar-refractivity contribution is 5.36. The number of rotatable bonds is 5. The summed E-state index contributed by atoms with van der Waals surface area (Å²) in [4.78, 5) is 0. The summed E-state index contributed by atoms with van der Waals surface area (Å²) < 4.78 is 1.95. The van der Waals surface area contributed by atoms with Crippen molar-refractivity contribution in [1.29, 1.82) is 0 Å². The van der Waals surface area contributed by atoms with Crippen molar-refractivity contribution in [2.24, 2.45) is 0 Å². The molecule has 0 bridgehead atoms. The predicted octanol–water partition coefficient (Wildman–Crippen LogP) is 3.49. The van der Waals surface area contributed by atoms with Crippen LogP contribution in [0, 0.1) is 0 Å². The van der Waals surface area contributed by atoms with E-state index in [1.807, 2.05) is 10.9 Å². The normalized spacial score (nSPS) is 11.5. The summed E-state index contributed by atoms with van der Waals surface area (Å²) >= 11 is 0. The van der Waals surface area contributed by atoms with Crippen LogP contribution in [0.15, 0.2) is 36.5 Å². The van der Waals surface area contributed by atoms with Crippen molar-refractivity contribution < 1.29 is 0 Å². The molecule has 0 unspecified atom stereocenters. The molecule has 1 aromatic carbocycles. The zero-order chi connectivity index (χ0) is 13.8. The van der Waals surface area contributed by atoms with E-state index < -0.39 is 0 Å². The molecule has 0 saturated carbocycles. The molecule has 3 heteroatoms. The van der Waals surface area contributed by atoms with Crippen LogP contribution in [0.3, 0.4) is 0 Å². The average molecular weight is 257 g/mol. The SMILES string of the molecule is CC(C)NCc1ccn(-c2cccc(C(C)C)c2)n1. The third-order valence-electron chi connectivity index (χ3n) is 3.14. The summed E-state index contributed by atoms with van der Waals surface area (Å²) in [5.74, 6) is 0.539. The minimum absolute atomic E-state index is 0.481. The fourth-order valence-electron chi connectivity index (χ4n) is 1.93. The fraction of sp³-hybridized carbons (Fsp3) is 0.438. The van der Waals surface area contributed by atoms with Crippen molar-refractivity contribution in [3.05, 3.63) is 47.8 Å². The molecule has 0 aliphatic heterocycles. The molecule has 1 aromatic heterocycles. The van der Waals surface area contributed by atoms with Crippen LogP contribution >= 0.6 is 0 Å². The summed E-state index contributed by atoms with van der Waals surface area (Å²) in [5.41, 5.74) is 3.54. The van der Waals surface area contributed by atoms with Crippen LogP contribution in [0.2, 0.25) is 0 Å². The Labute approximate surface area is 115 Å². The third kappa shape index (κ3) is 3.67. The topological polar surface area (TPSA) is 29.9 Å². The Kier molecular flexibility index (Phi) is 4.38. The van der Waals surface area contributed by atoms with E-state index in [-0.39, 0.29) is 0 Å². The molecular weight excluding hydrogens is 234 g/mol. The Bertz CT molecular complexity index is 526. The molecule has 19 heavy (non-hydrogen) atoms. The van der Waals surface area contributed by atoms with E-state index in [0.29, 0.717) is 12.0 Å². The van der Waals surface area contributed by atoms with Gasteiger partial charge in [-0.1, -0.05) is 39.8 Å². The van der Waals surface area contributed by atoms with Gasteiger partial charge in [-0.2, -0.15) is 5.10 Å². The van der Waals surface area contributed by atoms with Gasteiger partial charge in [-0.25, -0.2) is 4.68 Å². The molecule has 0 saturated heterocycles. The fourth-order valence-corrected chi connectivity index (χ4v) is 1.93. The van der Waals surface area contributed by atoms with Gasteiger partial charge in [-0.3, -0.25) is 0 Å². The predicted molar refractivity (Wildman–Crippen MR) is 79.6 cm³/mol. The number of nitrogens with one attached hydrogen (secondary N) is 1. The van der Waals surface area contributed by atoms with Gasteiger partial charge in [0, 0.05) is 18.8 Å². The summed E-state index contributed by atoms with van der Waals surface area (Å²) in [6.45, 7) is 9.52. The smallest absolute Gasteiger partial charge is 0.0766 e. The largest absolute Gasteiger partial charge is 0.309 e. The van der Waals surface area contributed by atoms with E-state index in [9.17, 15) is 0 Å². The molecule has 1 heterocycles. The second-order valence-electron chi connectivity index (χ2n) is 5.54. The van der Waals surface area contributed by atoms with Crippen LogP contribution in [0.1, 0.15) is 44.9 Å². The van der Waals surface area contributed by atoms with Crippen molar-refractivity contribution in [2.45, 2.75) is 46.2 Å². The van der Waals surface area contributed by atoms with Gasteiger partial charge in [0.05, 0.1) is 11.4 Å². The second-order valence-corrected chi connectivity index (χ2v) is 5.54. The first-order valence-corrected chi connectivity index (χ1v) is 6.94. The molecule has 0 fully saturated rings. The monoisotopic (exact) mass is 257 g/mol. The van der Waals surface area contributed by atoms with Gasteiger partial charge in [-0.15, -0.1) is 0 Å². The van der Waals surface area contributed by atoms with Gasteiger partial charge < -0.3 is 5.32 Å². The summed E-state index contributed by atoms with van der Waals surface area (Å²) in [6, 6.07) is 11.1. The number of aromatic nitrogens is 2. The minimum atomic E-state index is 0.481. The van der Waals surface area contributed by atoms with Crippen molar-refractivity contribution in [1.82, 2.24) is 15.1 Å². The lowest BCUT2D eigenvalue weighted by atomic mass is 10.0. The Morgan fingerprint density at radius 2 is 1.95 bits per heavy atom. The molecule has 0 atom stereocenters. The van der Waals surface area contributed by atoms with Gasteiger partial charge in [0.1, 0.15) is 0 Å². The van der Waals surface area contributed by atoms with Gasteiger partial charge in [0.25, 0.3) is 0 Å². The van der Waals surface area contributed by atoms with E-state index in [0.717, 1.165) is 17.9 Å². The first-order chi connectivity index (χ1) is 9.06. The molecule has 1 N–H and O–H groups in total. The van der Waals surface area contributed by atoms with Gasteiger partial charge >= 0.3 is 0 Å². The molecule has 0 radical (unpaired) electrons. The lowest BCUT2D eigenvalue weighted by Crippen LogP contribution is -2.22. The van der Waals surface area contributed by atoms with Gasteiger partial charge in [0.15, 0.2) is 0 Å². The van der Waals surface area contributed by atoms with Crippen molar-refractivity contribution in [3.63, 3.8) is 0 Å². The summed E-state index contributed by atoms with van der Waals surface area (Å²) in [7, 11) is 0. The maximum Gasteiger partial charge on any atom is 0.0766 e. The lowest BCUT2D eigenvalue weighted by molar-refractivity contribution is 0.578. The lowest BCUT2D eigenvalue weighted by Gasteiger charge is -2.08. The number of nitrogens with zero attached hydrogens (tertiary/aromatic N) is 2. The van der Waals surface area contributed by atoms with Crippen molar-refractivity contribution >= 4 is 0 Å². The van der Waals surface area contributed by atoms with Crippen LogP contribution in [0.25, 0.3) is 5.69 Å². The van der Waals surface area contributed by atoms with E-state index in [4.69, 9.17) is 0 Å². The molecule has 102 valence electrons. The Balaban J connectivity index is 2.16. The average Bonchev–Trinajstić information content (AvgIpc) is 2.85. The molecule has 0 amide bonds. The zero-order valence-electron chi connectivity index (χ0n) is 12.2. The maximum atomic E-state index is 4.61. The Morgan fingerprint density at radius 1 is 1.16 bits per heavy atom. The Hall–Kier alpha value is -1.61. The first-order valence-electron chi connectivity index (χ1n) is 6.94. The molecule has 0 aliphatic rings. The molecule has 2 rings (SSSR count). The highest BCUT2D eigenvalue weighted by atomic mass is 15.3. The highest BCUT2D eigenvalue weighted by Gasteiger charge is 2.04. The standard InChI is InChI=1S/C16H23N3/c1-12(2)14-6-5-7-16(10-14)19-9-8-15(18-19)11-17-13(3)4/h5-10,12-13,17H,11H2,1-4H3. The molecule has 2 aromatic rings. The molecule has 3 nitrogen and oxygen atoms in total. The van der Waals surface area contributed by atoms with E-state index in [1.165, 1.54) is 5.56 Å². The minimum Gasteiger partial charge on any atom is -0.309 e. The number of hydrogen-bond donors (Lipinski definition) is 1. The van der Waals surface area contributed by atoms with Crippen LogP contribution in [-0.4, -0.2) is 15.8 Å². The number of benzene rings is 1. The van der Waals surface area contributed by atoms with Gasteiger partial charge in [0.2, 0.25) is 0 Å². The quantitative estimate of drug-likeness (QED) is 0.888. The molecular formula is C16H23N3. The summed E-state index contributed by atoms with van der Waals surface area (Å²) in [5, 5.41) is 7.99. The van der Waals surface area contributed by atoms with Crippen LogP contribution < -0.4 is 5.32 Å². The van der Waals surface area contributed by atoms with Crippen LogP contribution in [0.4, 0.5) is 0 Å². The van der Waals surface area contributed by atoms with Crippen LogP contribution in [0.5, 0.6) is 0 Å². The molecule has 0 spiro atoms.